The number of fused-ring (bicyclic) bond motifs is 1. The zero-order chi connectivity index (χ0) is 18.7. The van der Waals surface area contributed by atoms with E-state index in [1.807, 2.05) is 25.1 Å². The average molecular weight is 374 g/mol. The molecule has 0 spiro atoms. The van der Waals surface area contributed by atoms with Gasteiger partial charge in [0.05, 0.1) is 14.2 Å². The summed E-state index contributed by atoms with van der Waals surface area (Å²) in [7, 11) is 3.18. The zero-order valence-corrected chi connectivity index (χ0v) is 15.7. The lowest BCUT2D eigenvalue weighted by Gasteiger charge is -2.20. The van der Waals surface area contributed by atoms with E-state index >= 15 is 0 Å². The first-order valence-electron chi connectivity index (χ1n) is 8.25. The molecule has 0 bridgehead atoms. The van der Waals surface area contributed by atoms with Gasteiger partial charge >= 0.3 is 0 Å². The van der Waals surface area contributed by atoms with Crippen molar-refractivity contribution in [3.05, 3.63) is 58.8 Å². The SMILES string of the molecule is CCN(Cc1ccc(OC)c(OC)c1)C(=O)c1cc2cc(Cl)ccc2o1. The molecule has 6 heteroatoms. The standard InChI is InChI=1S/C20H20ClNO4/c1-4-22(12-13-5-7-17(24-2)18(9-13)25-3)20(23)19-11-14-10-15(21)6-8-16(14)26-19/h5-11H,4,12H2,1-3H3. The lowest BCUT2D eigenvalue weighted by atomic mass is 10.1. The van der Waals surface area contributed by atoms with Crippen molar-refractivity contribution in [1.29, 1.82) is 0 Å². The van der Waals surface area contributed by atoms with Gasteiger partial charge in [-0.3, -0.25) is 4.79 Å². The number of nitrogens with zero attached hydrogens (tertiary/aromatic N) is 1. The third-order valence-electron chi connectivity index (χ3n) is 4.18. The maximum Gasteiger partial charge on any atom is 0.289 e. The van der Waals surface area contributed by atoms with Crippen LogP contribution < -0.4 is 9.47 Å². The van der Waals surface area contributed by atoms with Crippen molar-refractivity contribution in [2.75, 3.05) is 20.8 Å². The van der Waals surface area contributed by atoms with Crippen LogP contribution in [0.25, 0.3) is 11.0 Å². The van der Waals surface area contributed by atoms with Gasteiger partial charge in [0.1, 0.15) is 5.58 Å². The summed E-state index contributed by atoms with van der Waals surface area (Å²) in [6, 6.07) is 12.6. The minimum absolute atomic E-state index is 0.172. The Morgan fingerprint density at radius 1 is 1.08 bits per heavy atom. The fourth-order valence-electron chi connectivity index (χ4n) is 2.80. The van der Waals surface area contributed by atoms with Gasteiger partial charge in [0.2, 0.25) is 0 Å². The molecule has 1 heterocycles. The van der Waals surface area contributed by atoms with Crippen molar-refractivity contribution < 1.29 is 18.7 Å². The molecule has 0 saturated carbocycles. The Hall–Kier alpha value is -2.66. The van der Waals surface area contributed by atoms with E-state index in [9.17, 15) is 4.79 Å². The lowest BCUT2D eigenvalue weighted by Crippen LogP contribution is -2.30. The normalized spacial score (nSPS) is 10.8. The van der Waals surface area contributed by atoms with Gasteiger partial charge in [0, 0.05) is 23.5 Å². The summed E-state index contributed by atoms with van der Waals surface area (Å²) in [4.78, 5) is 14.6. The Morgan fingerprint density at radius 2 is 1.85 bits per heavy atom. The molecule has 3 rings (SSSR count). The maximum atomic E-state index is 12.9. The minimum Gasteiger partial charge on any atom is -0.493 e. The van der Waals surface area contributed by atoms with Crippen molar-refractivity contribution in [3.63, 3.8) is 0 Å². The van der Waals surface area contributed by atoms with Gasteiger partial charge in [-0.2, -0.15) is 0 Å². The highest BCUT2D eigenvalue weighted by molar-refractivity contribution is 6.31. The van der Waals surface area contributed by atoms with E-state index in [2.05, 4.69) is 0 Å². The molecule has 1 amide bonds. The number of hydrogen-bond donors (Lipinski definition) is 0. The van der Waals surface area contributed by atoms with E-state index in [1.165, 1.54) is 0 Å². The van der Waals surface area contributed by atoms with Crippen LogP contribution in [0.2, 0.25) is 5.02 Å². The number of carbonyl (C=O) groups is 1. The Balaban J connectivity index is 1.84. The molecular formula is C20H20ClNO4. The van der Waals surface area contributed by atoms with Gasteiger partial charge < -0.3 is 18.8 Å². The summed E-state index contributed by atoms with van der Waals surface area (Å²) in [5.41, 5.74) is 1.58. The smallest absolute Gasteiger partial charge is 0.289 e. The second-order valence-electron chi connectivity index (χ2n) is 5.80. The summed E-state index contributed by atoms with van der Waals surface area (Å²) in [5, 5.41) is 1.41. The van der Waals surface area contributed by atoms with Crippen LogP contribution in [0, 0.1) is 0 Å². The number of halogens is 1. The van der Waals surface area contributed by atoms with Crippen molar-refractivity contribution in [2.45, 2.75) is 13.5 Å². The highest BCUT2D eigenvalue weighted by atomic mass is 35.5. The third-order valence-corrected chi connectivity index (χ3v) is 4.41. The van der Waals surface area contributed by atoms with Gasteiger partial charge in [-0.1, -0.05) is 17.7 Å². The quantitative estimate of drug-likeness (QED) is 0.624. The molecular weight excluding hydrogens is 354 g/mol. The molecule has 0 aliphatic carbocycles. The van der Waals surface area contributed by atoms with Crippen molar-refractivity contribution in [3.8, 4) is 11.5 Å². The van der Waals surface area contributed by atoms with E-state index < -0.39 is 0 Å². The van der Waals surface area contributed by atoms with Crippen LogP contribution in [0.15, 0.2) is 46.9 Å². The molecule has 0 saturated heterocycles. The van der Waals surface area contributed by atoms with E-state index in [4.69, 9.17) is 25.5 Å². The minimum atomic E-state index is -0.172. The molecule has 5 nitrogen and oxygen atoms in total. The topological polar surface area (TPSA) is 51.9 Å². The van der Waals surface area contributed by atoms with E-state index in [-0.39, 0.29) is 5.91 Å². The van der Waals surface area contributed by atoms with Crippen molar-refractivity contribution >= 4 is 28.5 Å². The van der Waals surface area contributed by atoms with Crippen molar-refractivity contribution in [1.82, 2.24) is 4.90 Å². The van der Waals surface area contributed by atoms with E-state index in [1.54, 1.807) is 43.4 Å². The average Bonchev–Trinajstić information content (AvgIpc) is 3.08. The first-order chi connectivity index (χ1) is 12.5. The second-order valence-corrected chi connectivity index (χ2v) is 6.24. The van der Waals surface area contributed by atoms with Crippen LogP contribution >= 0.6 is 11.6 Å². The van der Waals surface area contributed by atoms with Crippen LogP contribution in [-0.4, -0.2) is 31.6 Å². The molecule has 2 aromatic carbocycles. The molecule has 0 aliphatic heterocycles. The molecule has 26 heavy (non-hydrogen) atoms. The summed E-state index contributed by atoms with van der Waals surface area (Å²) in [5.74, 6) is 1.41. The summed E-state index contributed by atoms with van der Waals surface area (Å²) in [6.07, 6.45) is 0. The predicted octanol–water partition coefficient (Wildman–Crippen LogP) is 4.77. The molecule has 0 atom stereocenters. The Labute approximate surface area is 157 Å². The highest BCUT2D eigenvalue weighted by Crippen LogP contribution is 2.29. The maximum absolute atomic E-state index is 12.9. The Bertz CT molecular complexity index is 935. The number of carbonyl (C=O) groups excluding carboxylic acids is 1. The molecule has 0 unspecified atom stereocenters. The van der Waals surface area contributed by atoms with Crippen LogP contribution in [0.4, 0.5) is 0 Å². The van der Waals surface area contributed by atoms with Gasteiger partial charge in [-0.05, 0) is 48.9 Å². The number of amides is 1. The fourth-order valence-corrected chi connectivity index (χ4v) is 2.98. The lowest BCUT2D eigenvalue weighted by molar-refractivity contribution is 0.0722. The molecule has 0 radical (unpaired) electrons. The molecule has 1 aromatic heterocycles. The Kier molecular flexibility index (Phi) is 5.38. The summed E-state index contributed by atoms with van der Waals surface area (Å²) in [6.45, 7) is 2.91. The monoisotopic (exact) mass is 373 g/mol. The number of benzene rings is 2. The third kappa shape index (κ3) is 3.63. The van der Waals surface area contributed by atoms with Gasteiger partial charge in [-0.15, -0.1) is 0 Å². The van der Waals surface area contributed by atoms with Crippen LogP contribution in [0.5, 0.6) is 11.5 Å². The Morgan fingerprint density at radius 3 is 2.54 bits per heavy atom. The highest BCUT2D eigenvalue weighted by Gasteiger charge is 2.19. The summed E-state index contributed by atoms with van der Waals surface area (Å²) < 4.78 is 16.3. The number of hydrogen-bond acceptors (Lipinski definition) is 4. The van der Waals surface area contributed by atoms with Crippen LogP contribution in [-0.2, 0) is 6.54 Å². The molecule has 3 aromatic rings. The largest absolute Gasteiger partial charge is 0.493 e. The second kappa shape index (κ2) is 7.70. The fraction of sp³-hybridized carbons (Fsp3) is 0.250. The number of ether oxygens (including phenoxy) is 2. The number of rotatable bonds is 6. The first kappa shape index (κ1) is 18.1. The number of furan rings is 1. The van der Waals surface area contributed by atoms with Gasteiger partial charge in [0.25, 0.3) is 5.91 Å². The van der Waals surface area contributed by atoms with Crippen LogP contribution in [0.1, 0.15) is 23.0 Å². The van der Waals surface area contributed by atoms with Crippen LogP contribution in [0.3, 0.4) is 0 Å². The van der Waals surface area contributed by atoms with Crippen molar-refractivity contribution in [2.24, 2.45) is 0 Å². The molecule has 0 aliphatic rings. The first-order valence-corrected chi connectivity index (χ1v) is 8.62. The zero-order valence-electron chi connectivity index (χ0n) is 14.9. The van der Waals surface area contributed by atoms with E-state index in [0.29, 0.717) is 41.0 Å². The van der Waals surface area contributed by atoms with E-state index in [0.717, 1.165) is 10.9 Å². The van der Waals surface area contributed by atoms with Gasteiger partial charge in [0.15, 0.2) is 17.3 Å². The summed E-state index contributed by atoms with van der Waals surface area (Å²) >= 11 is 6.00. The van der Waals surface area contributed by atoms with Gasteiger partial charge in [-0.25, -0.2) is 0 Å². The molecule has 136 valence electrons. The number of methoxy groups -OCH3 is 2. The molecule has 0 N–H and O–H groups in total. The predicted molar refractivity (Wildman–Crippen MR) is 101 cm³/mol. The molecule has 0 fully saturated rings.